The molecule has 1 aliphatic carbocycles. The molecule has 4 rings (SSSR count). The highest BCUT2D eigenvalue weighted by Crippen LogP contribution is 2.45. The Morgan fingerprint density at radius 3 is 2.33 bits per heavy atom. The largest absolute Gasteiger partial charge is 0.377 e. The fourth-order valence-corrected chi connectivity index (χ4v) is 4.67. The van der Waals surface area contributed by atoms with Gasteiger partial charge in [0.1, 0.15) is 0 Å². The average molecular weight is 296 g/mol. The summed E-state index contributed by atoms with van der Waals surface area (Å²) in [4.78, 5) is 1.34. The summed E-state index contributed by atoms with van der Waals surface area (Å²) in [6, 6.07) is 19.5. The van der Waals surface area contributed by atoms with E-state index in [0.717, 1.165) is 12.4 Å². The first-order chi connectivity index (χ1) is 10.3. The Balaban J connectivity index is 1.38. The molecule has 0 saturated carbocycles. The Labute approximate surface area is 130 Å². The lowest BCUT2D eigenvalue weighted by Gasteiger charge is -2.20. The van der Waals surface area contributed by atoms with E-state index in [1.165, 1.54) is 35.3 Å². The van der Waals surface area contributed by atoms with Crippen LogP contribution in [0.1, 0.15) is 17.5 Å². The van der Waals surface area contributed by atoms with Crippen molar-refractivity contribution in [1.82, 2.24) is 0 Å². The molecule has 21 heavy (non-hydrogen) atoms. The van der Waals surface area contributed by atoms with Gasteiger partial charge in [-0.2, -0.15) is 0 Å². The summed E-state index contributed by atoms with van der Waals surface area (Å²) in [5.41, 5.74) is 3.46. The zero-order valence-electron chi connectivity index (χ0n) is 12.1. The van der Waals surface area contributed by atoms with Crippen LogP contribution in [0.25, 0.3) is 0 Å². The van der Waals surface area contributed by atoms with E-state index >= 15 is 0 Å². The molecule has 2 aromatic carbocycles. The number of fused-ring (bicyclic) bond motifs is 1. The predicted molar refractivity (Wildman–Crippen MR) is 87.8 cm³/mol. The summed E-state index contributed by atoms with van der Waals surface area (Å²) >= 11 is 1.92. The Morgan fingerprint density at radius 2 is 1.62 bits per heavy atom. The molecular formula is C19H20OS. The van der Waals surface area contributed by atoms with Crippen LogP contribution in [0.5, 0.6) is 0 Å². The molecule has 1 aliphatic heterocycles. The van der Waals surface area contributed by atoms with Gasteiger partial charge in [0.25, 0.3) is 0 Å². The Kier molecular flexibility index (Phi) is 3.52. The monoisotopic (exact) mass is 296 g/mol. The van der Waals surface area contributed by atoms with Crippen LogP contribution in [0.15, 0.2) is 59.5 Å². The van der Waals surface area contributed by atoms with E-state index in [1.54, 1.807) is 0 Å². The SMILES string of the molecule is c1ccc(SC[C@@H]2CC3(CO2)Cc2ccccc2C3)cc1. The number of hydrogen-bond acceptors (Lipinski definition) is 2. The van der Waals surface area contributed by atoms with Gasteiger partial charge in [-0.3, -0.25) is 0 Å². The lowest BCUT2D eigenvalue weighted by atomic mass is 9.83. The highest BCUT2D eigenvalue weighted by atomic mass is 32.2. The lowest BCUT2D eigenvalue weighted by Crippen LogP contribution is -2.21. The van der Waals surface area contributed by atoms with Crippen molar-refractivity contribution in [3.8, 4) is 0 Å². The van der Waals surface area contributed by atoms with Crippen molar-refractivity contribution in [3.63, 3.8) is 0 Å². The lowest BCUT2D eigenvalue weighted by molar-refractivity contribution is 0.110. The normalized spacial score (nSPS) is 22.6. The minimum absolute atomic E-state index is 0.381. The fraction of sp³-hybridized carbons (Fsp3) is 0.368. The maximum absolute atomic E-state index is 6.12. The van der Waals surface area contributed by atoms with Gasteiger partial charge in [0.15, 0.2) is 0 Å². The molecule has 2 aromatic rings. The molecule has 0 radical (unpaired) electrons. The molecular weight excluding hydrogens is 276 g/mol. The van der Waals surface area contributed by atoms with Crippen molar-refractivity contribution in [2.75, 3.05) is 12.4 Å². The third-order valence-corrected chi connectivity index (χ3v) is 5.86. The summed E-state index contributed by atoms with van der Waals surface area (Å²) in [6.45, 7) is 0.932. The van der Waals surface area contributed by atoms with Gasteiger partial charge in [-0.1, -0.05) is 42.5 Å². The zero-order chi connectivity index (χ0) is 14.1. The molecule has 108 valence electrons. The van der Waals surface area contributed by atoms with E-state index in [-0.39, 0.29) is 0 Å². The smallest absolute Gasteiger partial charge is 0.0675 e. The number of rotatable bonds is 3. The standard InChI is InChI=1S/C19H20OS/c1-2-8-18(9-3-1)21-13-17-12-19(14-20-17)10-15-6-4-5-7-16(15)11-19/h1-9,17H,10-14H2/t17-/m0/s1. The predicted octanol–water partition coefficient (Wildman–Crippen LogP) is 4.35. The van der Waals surface area contributed by atoms with Gasteiger partial charge in [-0.25, -0.2) is 0 Å². The maximum atomic E-state index is 6.12. The van der Waals surface area contributed by atoms with Gasteiger partial charge < -0.3 is 4.74 Å². The van der Waals surface area contributed by atoms with E-state index in [9.17, 15) is 0 Å². The summed E-state index contributed by atoms with van der Waals surface area (Å²) in [5.74, 6) is 1.07. The van der Waals surface area contributed by atoms with Gasteiger partial charge in [-0.05, 0) is 42.5 Å². The average Bonchev–Trinajstić information content (AvgIpc) is 3.09. The van der Waals surface area contributed by atoms with Crippen LogP contribution in [-0.4, -0.2) is 18.5 Å². The molecule has 1 spiro atoms. The first kappa shape index (κ1) is 13.4. The second kappa shape index (κ2) is 5.51. The van der Waals surface area contributed by atoms with Crippen molar-refractivity contribution in [1.29, 1.82) is 0 Å². The first-order valence-electron chi connectivity index (χ1n) is 7.69. The highest BCUT2D eigenvalue weighted by molar-refractivity contribution is 7.99. The van der Waals surface area contributed by atoms with E-state index < -0.39 is 0 Å². The van der Waals surface area contributed by atoms with Gasteiger partial charge in [0.05, 0.1) is 12.7 Å². The molecule has 1 nitrogen and oxygen atoms in total. The number of ether oxygens (including phenoxy) is 1. The molecule has 0 aromatic heterocycles. The first-order valence-corrected chi connectivity index (χ1v) is 8.68. The van der Waals surface area contributed by atoms with Gasteiger partial charge >= 0.3 is 0 Å². The maximum Gasteiger partial charge on any atom is 0.0675 e. The fourth-order valence-electron chi connectivity index (χ4n) is 3.73. The molecule has 1 saturated heterocycles. The second-order valence-electron chi connectivity index (χ2n) is 6.38. The van der Waals surface area contributed by atoms with Crippen molar-refractivity contribution >= 4 is 11.8 Å². The van der Waals surface area contributed by atoms with Crippen molar-refractivity contribution in [2.45, 2.75) is 30.3 Å². The van der Waals surface area contributed by atoms with Crippen LogP contribution < -0.4 is 0 Å². The second-order valence-corrected chi connectivity index (χ2v) is 7.48. The van der Waals surface area contributed by atoms with Crippen LogP contribution in [0.2, 0.25) is 0 Å². The Hall–Kier alpha value is -1.25. The molecule has 0 N–H and O–H groups in total. The van der Waals surface area contributed by atoms with E-state index in [4.69, 9.17) is 4.74 Å². The molecule has 2 aliphatic rings. The van der Waals surface area contributed by atoms with Gasteiger partial charge in [0, 0.05) is 16.1 Å². The highest BCUT2D eigenvalue weighted by Gasteiger charge is 2.44. The minimum Gasteiger partial charge on any atom is -0.377 e. The minimum atomic E-state index is 0.381. The third kappa shape index (κ3) is 2.75. The third-order valence-electron chi connectivity index (χ3n) is 4.71. The summed E-state index contributed by atoms with van der Waals surface area (Å²) in [7, 11) is 0. The zero-order valence-corrected chi connectivity index (χ0v) is 12.9. The number of benzene rings is 2. The van der Waals surface area contributed by atoms with Crippen LogP contribution in [0, 0.1) is 5.41 Å². The van der Waals surface area contributed by atoms with Crippen LogP contribution in [-0.2, 0) is 17.6 Å². The molecule has 1 atom stereocenters. The molecule has 0 bridgehead atoms. The van der Waals surface area contributed by atoms with Crippen molar-refractivity contribution < 1.29 is 4.74 Å². The van der Waals surface area contributed by atoms with E-state index in [2.05, 4.69) is 54.6 Å². The van der Waals surface area contributed by atoms with Crippen LogP contribution in [0.4, 0.5) is 0 Å². The number of thioether (sulfide) groups is 1. The summed E-state index contributed by atoms with van der Waals surface area (Å²) < 4.78 is 6.12. The summed E-state index contributed by atoms with van der Waals surface area (Å²) in [6.07, 6.45) is 4.02. The van der Waals surface area contributed by atoms with Gasteiger partial charge in [0.2, 0.25) is 0 Å². The number of hydrogen-bond donors (Lipinski definition) is 0. The summed E-state index contributed by atoms with van der Waals surface area (Å²) in [5, 5.41) is 0. The molecule has 1 heterocycles. The molecule has 2 heteroatoms. The van der Waals surface area contributed by atoms with Gasteiger partial charge in [-0.15, -0.1) is 11.8 Å². The van der Waals surface area contributed by atoms with Crippen LogP contribution >= 0.6 is 11.8 Å². The van der Waals surface area contributed by atoms with Crippen molar-refractivity contribution in [3.05, 3.63) is 65.7 Å². The topological polar surface area (TPSA) is 9.23 Å². The molecule has 1 fully saturated rings. The Bertz CT molecular complexity index is 597. The quantitative estimate of drug-likeness (QED) is 0.779. The van der Waals surface area contributed by atoms with E-state index in [1.807, 2.05) is 11.8 Å². The molecule has 0 amide bonds. The molecule has 0 unspecified atom stereocenters. The Morgan fingerprint density at radius 1 is 0.952 bits per heavy atom. The van der Waals surface area contributed by atoms with Crippen LogP contribution in [0.3, 0.4) is 0 Å². The van der Waals surface area contributed by atoms with E-state index in [0.29, 0.717) is 11.5 Å². The van der Waals surface area contributed by atoms with Crippen molar-refractivity contribution in [2.24, 2.45) is 5.41 Å².